The van der Waals surface area contributed by atoms with Gasteiger partial charge in [0.1, 0.15) is 11.7 Å². The summed E-state index contributed by atoms with van der Waals surface area (Å²) in [5.74, 6) is -0.119. The van der Waals surface area contributed by atoms with Gasteiger partial charge in [-0.3, -0.25) is 4.79 Å². The fourth-order valence-corrected chi connectivity index (χ4v) is 2.93. The standard InChI is InChI=1S/C13H17N3O2/c14-12(17)11-2-1-5-15-13(11)18-10-6-8-3-4-9(7-10)16-8/h1-2,5,8-10,16H,3-4,6-7H2,(H2,14,17). The molecule has 5 heteroatoms. The van der Waals surface area contributed by atoms with E-state index >= 15 is 0 Å². The van der Waals surface area contributed by atoms with E-state index in [1.54, 1.807) is 18.3 Å². The molecule has 3 N–H and O–H groups in total. The number of carbonyl (C=O) groups is 1. The molecule has 96 valence electrons. The van der Waals surface area contributed by atoms with Crippen LogP contribution in [0.15, 0.2) is 18.3 Å². The quantitative estimate of drug-likeness (QED) is 0.830. The normalized spacial score (nSPS) is 30.1. The van der Waals surface area contributed by atoms with E-state index in [0.29, 0.717) is 23.5 Å². The molecule has 0 aliphatic carbocycles. The minimum atomic E-state index is -0.491. The third-order valence-electron chi connectivity index (χ3n) is 3.74. The van der Waals surface area contributed by atoms with Crippen LogP contribution >= 0.6 is 0 Å². The molecule has 0 spiro atoms. The second-order valence-corrected chi connectivity index (χ2v) is 5.07. The van der Waals surface area contributed by atoms with Crippen molar-refractivity contribution in [3.63, 3.8) is 0 Å². The molecule has 3 heterocycles. The molecule has 2 unspecified atom stereocenters. The first-order valence-electron chi connectivity index (χ1n) is 6.40. The van der Waals surface area contributed by atoms with Crippen molar-refractivity contribution in [2.24, 2.45) is 5.73 Å². The van der Waals surface area contributed by atoms with Gasteiger partial charge in [-0.2, -0.15) is 0 Å². The highest BCUT2D eigenvalue weighted by atomic mass is 16.5. The summed E-state index contributed by atoms with van der Waals surface area (Å²) in [7, 11) is 0. The molecule has 0 aromatic carbocycles. The van der Waals surface area contributed by atoms with Gasteiger partial charge in [-0.15, -0.1) is 0 Å². The van der Waals surface area contributed by atoms with Crippen molar-refractivity contribution in [3.8, 4) is 5.88 Å². The SMILES string of the molecule is NC(=O)c1cccnc1OC1CC2CCC(C1)N2. The zero-order valence-corrected chi connectivity index (χ0v) is 10.1. The number of nitrogens with two attached hydrogens (primary N) is 1. The van der Waals surface area contributed by atoms with Crippen LogP contribution in [0.3, 0.4) is 0 Å². The Morgan fingerprint density at radius 2 is 2.11 bits per heavy atom. The zero-order valence-electron chi connectivity index (χ0n) is 10.1. The highest BCUT2D eigenvalue weighted by molar-refractivity contribution is 5.94. The van der Waals surface area contributed by atoms with Crippen molar-refractivity contribution in [1.82, 2.24) is 10.3 Å². The molecule has 1 aromatic heterocycles. The summed E-state index contributed by atoms with van der Waals surface area (Å²) >= 11 is 0. The van der Waals surface area contributed by atoms with Gasteiger partial charge in [0.05, 0.1) is 0 Å². The van der Waals surface area contributed by atoms with E-state index in [0.717, 1.165) is 12.8 Å². The van der Waals surface area contributed by atoms with Crippen molar-refractivity contribution in [1.29, 1.82) is 0 Å². The number of nitrogens with one attached hydrogen (secondary N) is 1. The summed E-state index contributed by atoms with van der Waals surface area (Å²) in [6, 6.07) is 4.45. The van der Waals surface area contributed by atoms with Gasteiger partial charge < -0.3 is 15.8 Å². The molecule has 2 bridgehead atoms. The van der Waals surface area contributed by atoms with Crippen molar-refractivity contribution < 1.29 is 9.53 Å². The molecular weight excluding hydrogens is 230 g/mol. The van der Waals surface area contributed by atoms with Gasteiger partial charge in [-0.1, -0.05) is 0 Å². The Morgan fingerprint density at radius 3 is 2.78 bits per heavy atom. The predicted octanol–water partition coefficient (Wildman–Crippen LogP) is 0.842. The van der Waals surface area contributed by atoms with E-state index in [1.807, 2.05) is 0 Å². The lowest BCUT2D eigenvalue weighted by atomic mass is 10.0. The summed E-state index contributed by atoms with van der Waals surface area (Å²) < 4.78 is 5.88. The largest absolute Gasteiger partial charge is 0.474 e. The first-order chi connectivity index (χ1) is 8.72. The van der Waals surface area contributed by atoms with E-state index in [1.165, 1.54) is 12.8 Å². The monoisotopic (exact) mass is 247 g/mol. The average molecular weight is 247 g/mol. The number of piperidine rings is 1. The number of nitrogens with zero attached hydrogens (tertiary/aromatic N) is 1. The fraction of sp³-hybridized carbons (Fsp3) is 0.538. The van der Waals surface area contributed by atoms with Crippen LogP contribution in [0.2, 0.25) is 0 Å². The number of rotatable bonds is 3. The van der Waals surface area contributed by atoms with Crippen molar-refractivity contribution in [3.05, 3.63) is 23.9 Å². The van der Waals surface area contributed by atoms with Crippen LogP contribution in [0.25, 0.3) is 0 Å². The van der Waals surface area contributed by atoms with Crippen LogP contribution in [0.1, 0.15) is 36.0 Å². The Labute approximate surface area is 106 Å². The minimum Gasteiger partial charge on any atom is -0.474 e. The second kappa shape index (κ2) is 4.57. The van der Waals surface area contributed by atoms with Crippen LogP contribution < -0.4 is 15.8 Å². The van der Waals surface area contributed by atoms with Gasteiger partial charge in [0.25, 0.3) is 5.91 Å². The maximum atomic E-state index is 11.3. The van der Waals surface area contributed by atoms with Crippen LogP contribution in [-0.4, -0.2) is 29.1 Å². The number of primary amides is 1. The Balaban J connectivity index is 1.75. The lowest BCUT2D eigenvalue weighted by Crippen LogP contribution is -2.42. The van der Waals surface area contributed by atoms with Gasteiger partial charge >= 0.3 is 0 Å². The van der Waals surface area contributed by atoms with E-state index in [4.69, 9.17) is 10.5 Å². The highest BCUT2D eigenvalue weighted by Gasteiger charge is 2.35. The molecule has 5 nitrogen and oxygen atoms in total. The number of ether oxygens (including phenoxy) is 1. The molecule has 2 saturated heterocycles. The molecule has 2 aliphatic rings. The Hall–Kier alpha value is -1.62. The third kappa shape index (κ3) is 2.18. The molecule has 18 heavy (non-hydrogen) atoms. The fourth-order valence-electron chi connectivity index (χ4n) is 2.93. The Kier molecular flexibility index (Phi) is 2.91. The van der Waals surface area contributed by atoms with Crippen molar-refractivity contribution >= 4 is 5.91 Å². The molecule has 0 radical (unpaired) electrons. The predicted molar refractivity (Wildman–Crippen MR) is 66.4 cm³/mol. The maximum absolute atomic E-state index is 11.3. The Morgan fingerprint density at radius 1 is 1.39 bits per heavy atom. The minimum absolute atomic E-state index is 0.136. The Bertz CT molecular complexity index is 451. The topological polar surface area (TPSA) is 77.2 Å². The van der Waals surface area contributed by atoms with Crippen LogP contribution in [0.5, 0.6) is 5.88 Å². The zero-order chi connectivity index (χ0) is 12.5. The van der Waals surface area contributed by atoms with E-state index in [9.17, 15) is 4.79 Å². The molecular formula is C13H17N3O2. The number of fused-ring (bicyclic) bond motifs is 2. The first kappa shape index (κ1) is 11.5. The number of hydrogen-bond donors (Lipinski definition) is 2. The smallest absolute Gasteiger partial charge is 0.254 e. The number of pyridine rings is 1. The summed E-state index contributed by atoms with van der Waals surface area (Å²) in [4.78, 5) is 15.4. The van der Waals surface area contributed by atoms with Crippen LogP contribution in [0.4, 0.5) is 0 Å². The van der Waals surface area contributed by atoms with Crippen LogP contribution in [0, 0.1) is 0 Å². The molecule has 2 fully saturated rings. The van der Waals surface area contributed by atoms with E-state index in [2.05, 4.69) is 10.3 Å². The lowest BCUT2D eigenvalue weighted by molar-refractivity contribution is 0.0980. The number of amides is 1. The third-order valence-corrected chi connectivity index (χ3v) is 3.74. The lowest BCUT2D eigenvalue weighted by Gasteiger charge is -2.29. The second-order valence-electron chi connectivity index (χ2n) is 5.07. The molecule has 2 atom stereocenters. The molecule has 3 rings (SSSR count). The van der Waals surface area contributed by atoms with E-state index in [-0.39, 0.29) is 6.10 Å². The van der Waals surface area contributed by atoms with Crippen molar-refractivity contribution in [2.45, 2.75) is 43.9 Å². The average Bonchev–Trinajstić information content (AvgIpc) is 2.69. The molecule has 1 aromatic rings. The maximum Gasteiger partial charge on any atom is 0.254 e. The van der Waals surface area contributed by atoms with Gasteiger partial charge in [0.15, 0.2) is 0 Å². The molecule has 1 amide bonds. The first-order valence-corrected chi connectivity index (χ1v) is 6.40. The van der Waals surface area contributed by atoms with Gasteiger partial charge in [-0.25, -0.2) is 4.98 Å². The summed E-state index contributed by atoms with van der Waals surface area (Å²) in [5, 5.41) is 3.55. The number of aromatic nitrogens is 1. The van der Waals surface area contributed by atoms with Gasteiger partial charge in [0, 0.05) is 18.3 Å². The molecule has 2 aliphatic heterocycles. The highest BCUT2D eigenvalue weighted by Crippen LogP contribution is 2.29. The van der Waals surface area contributed by atoms with Gasteiger partial charge in [0.2, 0.25) is 5.88 Å². The number of hydrogen-bond acceptors (Lipinski definition) is 4. The number of carbonyl (C=O) groups excluding carboxylic acids is 1. The summed E-state index contributed by atoms with van der Waals surface area (Å²) in [5.41, 5.74) is 5.68. The van der Waals surface area contributed by atoms with Gasteiger partial charge in [-0.05, 0) is 37.8 Å². The molecule has 0 saturated carbocycles. The summed E-state index contributed by atoms with van der Waals surface area (Å²) in [6.07, 6.45) is 6.15. The van der Waals surface area contributed by atoms with Crippen LogP contribution in [-0.2, 0) is 0 Å². The summed E-state index contributed by atoms with van der Waals surface area (Å²) in [6.45, 7) is 0. The van der Waals surface area contributed by atoms with E-state index < -0.39 is 5.91 Å². The van der Waals surface area contributed by atoms with Crippen molar-refractivity contribution in [2.75, 3.05) is 0 Å².